The number of ether oxygens (including phenoxy) is 2. The number of benzene rings is 2. The molecule has 0 saturated carbocycles. The number of amides is 3. The third-order valence-electron chi connectivity index (χ3n) is 6.57. The molecule has 0 aromatic heterocycles. The average Bonchev–Trinajstić information content (AvgIpc) is 2.88. The van der Waals surface area contributed by atoms with E-state index in [2.05, 4.69) is 0 Å². The molecule has 5 rings (SSSR count). The van der Waals surface area contributed by atoms with Crippen LogP contribution in [0.25, 0.3) is 6.08 Å². The summed E-state index contributed by atoms with van der Waals surface area (Å²) in [5.74, 6) is 0.948. The molecule has 3 amide bonds. The minimum absolute atomic E-state index is 0.0281. The molecule has 8 nitrogen and oxygen atoms in total. The van der Waals surface area contributed by atoms with Crippen LogP contribution in [0.5, 0.6) is 11.5 Å². The highest BCUT2D eigenvalue weighted by Gasteiger charge is 2.35. The Bertz CT molecular complexity index is 1140. The smallest absolute Gasteiger partial charge is 0.267 e. The Morgan fingerprint density at radius 1 is 0.912 bits per heavy atom. The van der Waals surface area contributed by atoms with Gasteiger partial charge in [0.2, 0.25) is 17.9 Å². The quantitative estimate of drug-likeness (QED) is 0.702. The van der Waals surface area contributed by atoms with Gasteiger partial charge in [0.1, 0.15) is 6.61 Å². The predicted octanol–water partition coefficient (Wildman–Crippen LogP) is 2.46. The van der Waals surface area contributed by atoms with Crippen molar-refractivity contribution in [1.29, 1.82) is 0 Å². The van der Waals surface area contributed by atoms with E-state index >= 15 is 0 Å². The normalized spacial score (nSPS) is 21.1. The van der Waals surface area contributed by atoms with Crippen molar-refractivity contribution in [2.75, 3.05) is 32.8 Å². The molecule has 176 valence electrons. The van der Waals surface area contributed by atoms with Gasteiger partial charge in [0, 0.05) is 39.3 Å². The second kappa shape index (κ2) is 9.21. The molecule has 2 aromatic rings. The van der Waals surface area contributed by atoms with Crippen molar-refractivity contribution in [2.24, 2.45) is 0 Å². The standard InChI is InChI=1S/C26H27N3O5/c1-18(30)29-11-10-19-6-2-3-7-20(19)21(29)16-25(31)27-12-14-28(15-13-27)26(32)24-17-33-22-8-4-5-9-23(22)34-24/h2-11,21,24H,12-17H2,1H3. The molecule has 0 bridgehead atoms. The first kappa shape index (κ1) is 22.0. The fraction of sp³-hybridized carbons (Fsp3) is 0.346. The van der Waals surface area contributed by atoms with Gasteiger partial charge in [-0.05, 0) is 29.3 Å². The lowest BCUT2D eigenvalue weighted by Crippen LogP contribution is -2.55. The third kappa shape index (κ3) is 4.23. The summed E-state index contributed by atoms with van der Waals surface area (Å²) in [5.41, 5.74) is 1.99. The fourth-order valence-electron chi connectivity index (χ4n) is 4.73. The zero-order valence-electron chi connectivity index (χ0n) is 19.1. The Kier molecular flexibility index (Phi) is 5.96. The van der Waals surface area contributed by atoms with Crippen LogP contribution in [0.1, 0.15) is 30.5 Å². The van der Waals surface area contributed by atoms with E-state index in [1.165, 1.54) is 6.92 Å². The Hall–Kier alpha value is -3.81. The van der Waals surface area contributed by atoms with Crippen LogP contribution in [0.15, 0.2) is 54.7 Å². The van der Waals surface area contributed by atoms with Crippen molar-refractivity contribution in [3.05, 3.63) is 65.9 Å². The number of carbonyl (C=O) groups excluding carboxylic acids is 3. The second-order valence-corrected chi connectivity index (χ2v) is 8.66. The molecule has 34 heavy (non-hydrogen) atoms. The van der Waals surface area contributed by atoms with Gasteiger partial charge in [-0.15, -0.1) is 0 Å². The highest BCUT2D eigenvalue weighted by atomic mass is 16.6. The number of para-hydroxylation sites is 2. The molecule has 3 aliphatic heterocycles. The number of rotatable bonds is 3. The van der Waals surface area contributed by atoms with Crippen molar-refractivity contribution in [3.63, 3.8) is 0 Å². The van der Waals surface area contributed by atoms with Crippen LogP contribution in [0.4, 0.5) is 0 Å². The van der Waals surface area contributed by atoms with E-state index in [-0.39, 0.29) is 36.8 Å². The summed E-state index contributed by atoms with van der Waals surface area (Å²) in [6, 6.07) is 14.8. The fourth-order valence-corrected chi connectivity index (χ4v) is 4.73. The maximum Gasteiger partial charge on any atom is 0.267 e. The summed E-state index contributed by atoms with van der Waals surface area (Å²) in [6.45, 7) is 3.44. The van der Waals surface area contributed by atoms with Gasteiger partial charge in [-0.2, -0.15) is 0 Å². The monoisotopic (exact) mass is 461 g/mol. The number of carbonyl (C=O) groups is 3. The van der Waals surface area contributed by atoms with Crippen LogP contribution in [0, 0.1) is 0 Å². The minimum atomic E-state index is -0.688. The second-order valence-electron chi connectivity index (χ2n) is 8.66. The molecule has 2 unspecified atom stereocenters. The maximum atomic E-state index is 13.2. The van der Waals surface area contributed by atoms with Crippen molar-refractivity contribution in [1.82, 2.24) is 14.7 Å². The van der Waals surface area contributed by atoms with Gasteiger partial charge in [0.05, 0.1) is 12.5 Å². The van der Waals surface area contributed by atoms with Crippen molar-refractivity contribution in [3.8, 4) is 11.5 Å². The van der Waals surface area contributed by atoms with Gasteiger partial charge in [-0.25, -0.2) is 0 Å². The SMILES string of the molecule is CC(=O)N1C=Cc2ccccc2C1CC(=O)N1CCN(C(=O)C2COc3ccccc3O2)CC1. The Morgan fingerprint density at radius 3 is 2.35 bits per heavy atom. The number of fused-ring (bicyclic) bond motifs is 2. The molecule has 3 heterocycles. The van der Waals surface area contributed by atoms with E-state index in [9.17, 15) is 14.4 Å². The molecule has 0 spiro atoms. The molecule has 0 radical (unpaired) electrons. The Labute approximate surface area is 198 Å². The largest absolute Gasteiger partial charge is 0.485 e. The van der Waals surface area contributed by atoms with E-state index in [1.54, 1.807) is 27.0 Å². The lowest BCUT2D eigenvalue weighted by molar-refractivity contribution is -0.146. The van der Waals surface area contributed by atoms with E-state index in [1.807, 2.05) is 48.5 Å². The van der Waals surface area contributed by atoms with Crippen LogP contribution in [-0.4, -0.2) is 71.3 Å². The van der Waals surface area contributed by atoms with E-state index in [0.29, 0.717) is 37.7 Å². The lowest BCUT2D eigenvalue weighted by atomic mass is 9.93. The topological polar surface area (TPSA) is 79.4 Å². The number of hydrogen-bond donors (Lipinski definition) is 0. The summed E-state index contributed by atoms with van der Waals surface area (Å²) in [5, 5.41) is 0. The summed E-state index contributed by atoms with van der Waals surface area (Å²) in [6.07, 6.45) is 3.17. The van der Waals surface area contributed by atoms with Gasteiger partial charge in [-0.1, -0.05) is 36.4 Å². The predicted molar refractivity (Wildman–Crippen MR) is 125 cm³/mol. The lowest BCUT2D eigenvalue weighted by Gasteiger charge is -2.38. The van der Waals surface area contributed by atoms with Crippen molar-refractivity contribution >= 4 is 23.8 Å². The number of hydrogen-bond acceptors (Lipinski definition) is 5. The van der Waals surface area contributed by atoms with Gasteiger partial charge in [0.15, 0.2) is 11.5 Å². The first-order valence-electron chi connectivity index (χ1n) is 11.5. The van der Waals surface area contributed by atoms with Gasteiger partial charge in [-0.3, -0.25) is 14.4 Å². The van der Waals surface area contributed by atoms with Crippen LogP contribution in [0.2, 0.25) is 0 Å². The average molecular weight is 462 g/mol. The van der Waals surface area contributed by atoms with Gasteiger partial charge in [0.25, 0.3) is 5.91 Å². The summed E-state index contributed by atoms with van der Waals surface area (Å²) < 4.78 is 11.5. The summed E-state index contributed by atoms with van der Waals surface area (Å²) in [4.78, 5) is 43.5. The molecule has 2 atom stereocenters. The Morgan fingerprint density at radius 2 is 1.59 bits per heavy atom. The summed E-state index contributed by atoms with van der Waals surface area (Å²) in [7, 11) is 0. The highest BCUT2D eigenvalue weighted by molar-refractivity contribution is 5.84. The Balaban J connectivity index is 1.20. The highest BCUT2D eigenvalue weighted by Crippen LogP contribution is 2.34. The molecular formula is C26H27N3O5. The zero-order chi connectivity index (χ0) is 23.7. The first-order valence-corrected chi connectivity index (χ1v) is 11.5. The molecule has 1 fully saturated rings. The maximum absolute atomic E-state index is 13.2. The van der Waals surface area contributed by atoms with Crippen LogP contribution in [0.3, 0.4) is 0 Å². The molecule has 0 N–H and O–H groups in total. The van der Waals surface area contributed by atoms with Crippen molar-refractivity contribution in [2.45, 2.75) is 25.5 Å². The molecule has 3 aliphatic rings. The molecular weight excluding hydrogens is 434 g/mol. The van der Waals surface area contributed by atoms with E-state index < -0.39 is 6.10 Å². The van der Waals surface area contributed by atoms with Gasteiger partial charge < -0.3 is 24.2 Å². The van der Waals surface area contributed by atoms with Crippen LogP contribution in [-0.2, 0) is 14.4 Å². The number of nitrogens with zero attached hydrogens (tertiary/aromatic N) is 3. The molecule has 0 aliphatic carbocycles. The third-order valence-corrected chi connectivity index (χ3v) is 6.57. The number of piperazine rings is 1. The summed E-state index contributed by atoms with van der Waals surface area (Å²) >= 11 is 0. The van der Waals surface area contributed by atoms with E-state index in [0.717, 1.165) is 11.1 Å². The first-order chi connectivity index (χ1) is 16.5. The molecule has 8 heteroatoms. The zero-order valence-corrected chi connectivity index (χ0v) is 19.1. The van der Waals surface area contributed by atoms with Crippen LogP contribution < -0.4 is 9.47 Å². The molecule has 1 saturated heterocycles. The van der Waals surface area contributed by atoms with Crippen molar-refractivity contribution < 1.29 is 23.9 Å². The van der Waals surface area contributed by atoms with Crippen LogP contribution >= 0.6 is 0 Å². The molecule has 2 aromatic carbocycles. The minimum Gasteiger partial charge on any atom is -0.485 e. The van der Waals surface area contributed by atoms with Gasteiger partial charge >= 0.3 is 0 Å². The van der Waals surface area contributed by atoms with E-state index in [4.69, 9.17) is 9.47 Å².